The molecular formula is C12H28N2. The lowest BCUT2D eigenvalue weighted by Crippen LogP contribution is -2.29. The van der Waals surface area contributed by atoms with E-state index in [9.17, 15) is 0 Å². The SMILES string of the molecule is CCC(C)(C)CNCCCCCCN. The minimum absolute atomic E-state index is 0.456. The van der Waals surface area contributed by atoms with Gasteiger partial charge in [-0.3, -0.25) is 0 Å². The third kappa shape index (κ3) is 8.52. The Bertz CT molecular complexity index is 121. The summed E-state index contributed by atoms with van der Waals surface area (Å²) < 4.78 is 0. The van der Waals surface area contributed by atoms with Crippen molar-refractivity contribution >= 4 is 0 Å². The van der Waals surface area contributed by atoms with Gasteiger partial charge < -0.3 is 11.1 Å². The first kappa shape index (κ1) is 13.9. The van der Waals surface area contributed by atoms with Gasteiger partial charge in [-0.25, -0.2) is 0 Å². The van der Waals surface area contributed by atoms with E-state index in [1.165, 1.54) is 32.1 Å². The largest absolute Gasteiger partial charge is 0.330 e. The molecule has 0 rings (SSSR count). The van der Waals surface area contributed by atoms with Crippen LogP contribution in [0.2, 0.25) is 0 Å². The first-order chi connectivity index (χ1) is 6.62. The molecule has 0 radical (unpaired) electrons. The lowest BCUT2D eigenvalue weighted by Gasteiger charge is -2.22. The average molecular weight is 200 g/mol. The highest BCUT2D eigenvalue weighted by atomic mass is 14.9. The van der Waals surface area contributed by atoms with Crippen molar-refractivity contribution in [2.45, 2.75) is 52.9 Å². The molecule has 3 N–H and O–H groups in total. The Labute approximate surface area is 89.6 Å². The van der Waals surface area contributed by atoms with Gasteiger partial charge in [0.15, 0.2) is 0 Å². The van der Waals surface area contributed by atoms with Crippen LogP contribution >= 0.6 is 0 Å². The van der Waals surface area contributed by atoms with E-state index < -0.39 is 0 Å². The Hall–Kier alpha value is -0.0800. The van der Waals surface area contributed by atoms with Crippen molar-refractivity contribution in [2.75, 3.05) is 19.6 Å². The van der Waals surface area contributed by atoms with Crippen LogP contribution in [0.1, 0.15) is 52.9 Å². The maximum absolute atomic E-state index is 5.43. The fourth-order valence-corrected chi connectivity index (χ4v) is 1.30. The smallest absolute Gasteiger partial charge is 0.000241 e. The van der Waals surface area contributed by atoms with Gasteiger partial charge in [-0.05, 0) is 37.8 Å². The van der Waals surface area contributed by atoms with Gasteiger partial charge in [-0.2, -0.15) is 0 Å². The van der Waals surface area contributed by atoms with Crippen molar-refractivity contribution in [3.8, 4) is 0 Å². The zero-order valence-corrected chi connectivity index (χ0v) is 10.2. The quantitative estimate of drug-likeness (QED) is 0.561. The zero-order valence-electron chi connectivity index (χ0n) is 10.2. The van der Waals surface area contributed by atoms with Crippen LogP contribution < -0.4 is 11.1 Å². The summed E-state index contributed by atoms with van der Waals surface area (Å²) in [4.78, 5) is 0. The Morgan fingerprint density at radius 2 is 1.71 bits per heavy atom. The second kappa shape index (κ2) is 8.25. The maximum atomic E-state index is 5.43. The van der Waals surface area contributed by atoms with Crippen LogP contribution in [0.5, 0.6) is 0 Å². The van der Waals surface area contributed by atoms with Gasteiger partial charge in [0.1, 0.15) is 0 Å². The number of nitrogens with two attached hydrogens (primary N) is 1. The minimum atomic E-state index is 0.456. The van der Waals surface area contributed by atoms with Crippen molar-refractivity contribution in [3.63, 3.8) is 0 Å². The van der Waals surface area contributed by atoms with E-state index in [1.807, 2.05) is 0 Å². The fourth-order valence-electron chi connectivity index (χ4n) is 1.30. The maximum Gasteiger partial charge on any atom is 0.000241 e. The molecule has 2 nitrogen and oxygen atoms in total. The lowest BCUT2D eigenvalue weighted by atomic mass is 9.90. The highest BCUT2D eigenvalue weighted by molar-refractivity contribution is 4.68. The summed E-state index contributed by atoms with van der Waals surface area (Å²) in [7, 11) is 0. The van der Waals surface area contributed by atoms with Crippen molar-refractivity contribution in [1.29, 1.82) is 0 Å². The van der Waals surface area contributed by atoms with Gasteiger partial charge in [-0.15, -0.1) is 0 Å². The van der Waals surface area contributed by atoms with Gasteiger partial charge in [0.25, 0.3) is 0 Å². The molecule has 0 fully saturated rings. The van der Waals surface area contributed by atoms with E-state index >= 15 is 0 Å². The van der Waals surface area contributed by atoms with Crippen LogP contribution in [0.4, 0.5) is 0 Å². The lowest BCUT2D eigenvalue weighted by molar-refractivity contribution is 0.327. The topological polar surface area (TPSA) is 38.0 Å². The van der Waals surface area contributed by atoms with Crippen LogP contribution in [-0.2, 0) is 0 Å². The first-order valence-electron chi connectivity index (χ1n) is 6.03. The zero-order chi connectivity index (χ0) is 10.9. The molecule has 0 saturated carbocycles. The van der Waals surface area contributed by atoms with E-state index in [2.05, 4.69) is 26.1 Å². The van der Waals surface area contributed by atoms with Crippen LogP contribution in [0.3, 0.4) is 0 Å². The molecule has 0 bridgehead atoms. The predicted molar refractivity (Wildman–Crippen MR) is 64.5 cm³/mol. The van der Waals surface area contributed by atoms with Crippen molar-refractivity contribution in [1.82, 2.24) is 5.32 Å². The summed E-state index contributed by atoms with van der Waals surface area (Å²) >= 11 is 0. The van der Waals surface area contributed by atoms with E-state index in [1.54, 1.807) is 0 Å². The molecule has 0 aliphatic heterocycles. The number of unbranched alkanes of at least 4 members (excludes halogenated alkanes) is 3. The predicted octanol–water partition coefficient (Wildman–Crippen LogP) is 2.53. The molecule has 0 aromatic heterocycles. The molecule has 0 spiro atoms. The molecular weight excluding hydrogens is 172 g/mol. The molecule has 14 heavy (non-hydrogen) atoms. The summed E-state index contributed by atoms with van der Waals surface area (Å²) in [6, 6.07) is 0. The molecule has 0 aromatic rings. The number of rotatable bonds is 9. The minimum Gasteiger partial charge on any atom is -0.330 e. The molecule has 0 amide bonds. The Balaban J connectivity index is 3.13. The Morgan fingerprint density at radius 3 is 2.29 bits per heavy atom. The van der Waals surface area contributed by atoms with E-state index in [-0.39, 0.29) is 0 Å². The van der Waals surface area contributed by atoms with Crippen LogP contribution in [0.15, 0.2) is 0 Å². The molecule has 0 atom stereocenters. The van der Waals surface area contributed by atoms with Crippen molar-refractivity contribution < 1.29 is 0 Å². The van der Waals surface area contributed by atoms with E-state index in [4.69, 9.17) is 5.73 Å². The second-order valence-corrected chi connectivity index (χ2v) is 4.90. The third-order valence-corrected chi connectivity index (χ3v) is 2.87. The first-order valence-corrected chi connectivity index (χ1v) is 6.03. The average Bonchev–Trinajstić information content (AvgIpc) is 2.16. The summed E-state index contributed by atoms with van der Waals surface area (Å²) in [5.74, 6) is 0. The van der Waals surface area contributed by atoms with E-state index in [0.717, 1.165) is 19.6 Å². The summed E-state index contributed by atoms with van der Waals surface area (Å²) in [5, 5.41) is 3.52. The van der Waals surface area contributed by atoms with E-state index in [0.29, 0.717) is 5.41 Å². The Morgan fingerprint density at radius 1 is 1.07 bits per heavy atom. The van der Waals surface area contributed by atoms with Crippen molar-refractivity contribution in [2.24, 2.45) is 11.1 Å². The van der Waals surface area contributed by atoms with Gasteiger partial charge in [-0.1, -0.05) is 33.6 Å². The number of nitrogens with one attached hydrogen (secondary N) is 1. The van der Waals surface area contributed by atoms with Crippen LogP contribution in [0, 0.1) is 5.41 Å². The third-order valence-electron chi connectivity index (χ3n) is 2.87. The molecule has 0 aromatic carbocycles. The summed E-state index contributed by atoms with van der Waals surface area (Å²) in [6.07, 6.45) is 6.32. The molecule has 0 aliphatic rings. The standard InChI is InChI=1S/C12H28N2/c1-4-12(2,3)11-14-10-8-6-5-7-9-13/h14H,4-11,13H2,1-3H3. The summed E-state index contributed by atoms with van der Waals surface area (Å²) in [5.41, 5.74) is 5.88. The van der Waals surface area contributed by atoms with Gasteiger partial charge in [0, 0.05) is 6.54 Å². The molecule has 0 unspecified atom stereocenters. The molecule has 0 saturated heterocycles. The van der Waals surface area contributed by atoms with Crippen LogP contribution in [0.25, 0.3) is 0 Å². The van der Waals surface area contributed by atoms with Gasteiger partial charge in [0.05, 0.1) is 0 Å². The second-order valence-electron chi connectivity index (χ2n) is 4.90. The normalized spacial score (nSPS) is 12.0. The van der Waals surface area contributed by atoms with Crippen LogP contribution in [-0.4, -0.2) is 19.6 Å². The van der Waals surface area contributed by atoms with Crippen molar-refractivity contribution in [3.05, 3.63) is 0 Å². The molecule has 0 heterocycles. The van der Waals surface area contributed by atoms with Gasteiger partial charge in [0.2, 0.25) is 0 Å². The molecule has 86 valence electrons. The molecule has 2 heteroatoms. The molecule has 0 aliphatic carbocycles. The Kier molecular flexibility index (Phi) is 8.20. The monoisotopic (exact) mass is 200 g/mol. The highest BCUT2D eigenvalue weighted by Crippen LogP contribution is 2.17. The van der Waals surface area contributed by atoms with Gasteiger partial charge >= 0.3 is 0 Å². The number of hydrogen-bond donors (Lipinski definition) is 2. The fraction of sp³-hybridized carbons (Fsp3) is 1.00. The number of hydrogen-bond acceptors (Lipinski definition) is 2. The summed E-state index contributed by atoms with van der Waals surface area (Å²) in [6.45, 7) is 10.0. The highest BCUT2D eigenvalue weighted by Gasteiger charge is 2.13.